The molecule has 0 aromatic heterocycles. The van der Waals surface area contributed by atoms with Gasteiger partial charge in [-0.3, -0.25) is 9.59 Å². The summed E-state index contributed by atoms with van der Waals surface area (Å²) in [5.74, 6) is -0.349. The number of amides is 1. The standard InChI is InChI=1S/C27H31NO7/c1-5-14-35-19-10-8-9-18(16-19)24-23(26(30)27(31)28(24)13-15-32-4)25(29)21-12-11-20(33-6-2)17-22(21)34-7-3/h5,8-12,16-17,24,29H,1,6-7,13-15H2,2-4H3/b25-23-. The molecule has 186 valence electrons. The maximum atomic E-state index is 13.2. The highest BCUT2D eigenvalue weighted by Gasteiger charge is 2.46. The van der Waals surface area contributed by atoms with Crippen molar-refractivity contribution in [2.24, 2.45) is 0 Å². The Balaban J connectivity index is 2.17. The van der Waals surface area contributed by atoms with Crippen molar-refractivity contribution >= 4 is 17.4 Å². The van der Waals surface area contributed by atoms with Gasteiger partial charge in [0.15, 0.2) is 0 Å². The second kappa shape index (κ2) is 12.1. The van der Waals surface area contributed by atoms with Crippen molar-refractivity contribution in [2.45, 2.75) is 19.9 Å². The molecule has 1 heterocycles. The number of likely N-dealkylation sites (tertiary alicyclic amines) is 1. The highest BCUT2D eigenvalue weighted by molar-refractivity contribution is 6.46. The molecule has 35 heavy (non-hydrogen) atoms. The molecule has 0 saturated carbocycles. The Bertz CT molecular complexity index is 1110. The lowest BCUT2D eigenvalue weighted by Gasteiger charge is -2.25. The Morgan fingerprint density at radius 1 is 1.06 bits per heavy atom. The van der Waals surface area contributed by atoms with Crippen molar-refractivity contribution in [3.05, 3.63) is 71.8 Å². The van der Waals surface area contributed by atoms with E-state index in [0.717, 1.165) is 0 Å². The number of ether oxygens (including phenoxy) is 4. The molecule has 8 nitrogen and oxygen atoms in total. The molecule has 1 aliphatic heterocycles. The van der Waals surface area contributed by atoms with Crippen LogP contribution in [-0.4, -0.2) is 61.8 Å². The van der Waals surface area contributed by atoms with Gasteiger partial charge in [0, 0.05) is 19.7 Å². The zero-order valence-corrected chi connectivity index (χ0v) is 20.3. The summed E-state index contributed by atoms with van der Waals surface area (Å²) in [4.78, 5) is 27.6. The molecule has 1 fully saturated rings. The SMILES string of the molecule is C=CCOc1cccc(C2/C(=C(/O)c3ccc(OCC)cc3OCC)C(=O)C(=O)N2CCOC)c1. The molecule has 0 spiro atoms. The molecule has 1 aliphatic rings. The van der Waals surface area contributed by atoms with E-state index in [-0.39, 0.29) is 24.5 Å². The summed E-state index contributed by atoms with van der Waals surface area (Å²) in [6.07, 6.45) is 1.62. The van der Waals surface area contributed by atoms with Gasteiger partial charge in [0.25, 0.3) is 11.7 Å². The van der Waals surface area contributed by atoms with Crippen molar-refractivity contribution < 1.29 is 33.6 Å². The lowest BCUT2D eigenvalue weighted by atomic mass is 9.94. The van der Waals surface area contributed by atoms with Gasteiger partial charge in [-0.05, 0) is 43.7 Å². The first-order valence-electron chi connectivity index (χ1n) is 11.5. The fourth-order valence-corrected chi connectivity index (χ4v) is 3.95. The smallest absolute Gasteiger partial charge is 0.295 e. The topological polar surface area (TPSA) is 94.5 Å². The first-order valence-corrected chi connectivity index (χ1v) is 11.5. The Kier molecular flexibility index (Phi) is 8.92. The van der Waals surface area contributed by atoms with E-state index in [0.29, 0.717) is 48.2 Å². The van der Waals surface area contributed by atoms with E-state index in [1.165, 1.54) is 12.0 Å². The zero-order chi connectivity index (χ0) is 25.4. The van der Waals surface area contributed by atoms with E-state index in [4.69, 9.17) is 18.9 Å². The molecular weight excluding hydrogens is 450 g/mol. The van der Waals surface area contributed by atoms with Gasteiger partial charge in [-0.15, -0.1) is 0 Å². The minimum Gasteiger partial charge on any atom is -0.507 e. The number of ketones is 1. The number of aliphatic hydroxyl groups is 1. The zero-order valence-electron chi connectivity index (χ0n) is 20.3. The summed E-state index contributed by atoms with van der Waals surface area (Å²) in [6, 6.07) is 11.2. The fourth-order valence-electron chi connectivity index (χ4n) is 3.95. The number of Topliss-reactive ketones (excluding diaryl/α,β-unsaturated/α-hetero) is 1. The Morgan fingerprint density at radius 3 is 2.49 bits per heavy atom. The maximum absolute atomic E-state index is 13.2. The molecule has 1 atom stereocenters. The number of methoxy groups -OCH3 is 1. The van der Waals surface area contributed by atoms with Crippen molar-refractivity contribution in [3.8, 4) is 17.2 Å². The second-order valence-electron chi connectivity index (χ2n) is 7.68. The summed E-state index contributed by atoms with van der Waals surface area (Å²) in [6.45, 7) is 8.83. The van der Waals surface area contributed by atoms with Crippen LogP contribution < -0.4 is 14.2 Å². The van der Waals surface area contributed by atoms with E-state index < -0.39 is 17.7 Å². The van der Waals surface area contributed by atoms with E-state index in [1.807, 2.05) is 13.8 Å². The molecule has 8 heteroatoms. The number of aliphatic hydroxyl groups excluding tert-OH is 1. The lowest BCUT2D eigenvalue weighted by molar-refractivity contribution is -0.140. The Hall–Kier alpha value is -3.78. The van der Waals surface area contributed by atoms with Crippen LogP contribution in [-0.2, 0) is 14.3 Å². The number of nitrogens with zero attached hydrogens (tertiary/aromatic N) is 1. The molecule has 0 aliphatic carbocycles. The fraction of sp³-hybridized carbons (Fsp3) is 0.333. The number of hydrogen-bond acceptors (Lipinski definition) is 7. The van der Waals surface area contributed by atoms with Gasteiger partial charge >= 0.3 is 0 Å². The summed E-state index contributed by atoms with van der Waals surface area (Å²) in [7, 11) is 1.52. The molecule has 1 N–H and O–H groups in total. The van der Waals surface area contributed by atoms with Crippen molar-refractivity contribution in [1.29, 1.82) is 0 Å². The van der Waals surface area contributed by atoms with Crippen molar-refractivity contribution in [3.63, 3.8) is 0 Å². The molecule has 0 radical (unpaired) electrons. The molecule has 2 aromatic rings. The molecule has 0 bridgehead atoms. The van der Waals surface area contributed by atoms with Crippen LogP contribution in [0, 0.1) is 0 Å². The van der Waals surface area contributed by atoms with Gasteiger partial charge in [-0.2, -0.15) is 0 Å². The van der Waals surface area contributed by atoms with Gasteiger partial charge < -0.3 is 29.0 Å². The highest BCUT2D eigenvalue weighted by Crippen LogP contribution is 2.42. The van der Waals surface area contributed by atoms with Gasteiger partial charge in [-0.25, -0.2) is 0 Å². The van der Waals surface area contributed by atoms with E-state index in [9.17, 15) is 14.7 Å². The lowest BCUT2D eigenvalue weighted by Crippen LogP contribution is -2.32. The molecule has 1 saturated heterocycles. The van der Waals surface area contributed by atoms with Crippen molar-refractivity contribution in [1.82, 2.24) is 4.90 Å². The van der Waals surface area contributed by atoms with Crippen molar-refractivity contribution in [2.75, 3.05) is 40.1 Å². The Labute approximate surface area is 205 Å². The maximum Gasteiger partial charge on any atom is 0.295 e. The van der Waals surface area contributed by atoms with Gasteiger partial charge in [0.2, 0.25) is 0 Å². The van der Waals surface area contributed by atoms with Gasteiger partial charge in [0.05, 0.1) is 37.0 Å². The molecular formula is C27H31NO7. The number of hydrogen-bond donors (Lipinski definition) is 1. The van der Waals surface area contributed by atoms with Crippen LogP contribution >= 0.6 is 0 Å². The summed E-state index contributed by atoms with van der Waals surface area (Å²) in [5.41, 5.74) is 0.883. The van der Waals surface area contributed by atoms with Crippen LogP contribution in [0.25, 0.3) is 5.76 Å². The molecule has 2 aromatic carbocycles. The summed E-state index contributed by atoms with van der Waals surface area (Å²) in [5, 5.41) is 11.4. The third-order valence-corrected chi connectivity index (χ3v) is 5.44. The highest BCUT2D eigenvalue weighted by atomic mass is 16.5. The van der Waals surface area contributed by atoms with Gasteiger partial charge in [0.1, 0.15) is 29.6 Å². The minimum absolute atomic E-state index is 0.0305. The molecule has 1 amide bonds. The quantitative estimate of drug-likeness (QED) is 0.211. The first kappa shape index (κ1) is 25.8. The van der Waals surface area contributed by atoms with E-state index in [1.54, 1.807) is 48.5 Å². The predicted molar refractivity (Wildman–Crippen MR) is 132 cm³/mol. The Morgan fingerprint density at radius 2 is 1.80 bits per heavy atom. The summed E-state index contributed by atoms with van der Waals surface area (Å²) >= 11 is 0. The number of benzene rings is 2. The average Bonchev–Trinajstić information content (AvgIpc) is 3.11. The van der Waals surface area contributed by atoms with E-state index in [2.05, 4.69) is 6.58 Å². The number of carbonyl (C=O) groups is 2. The second-order valence-corrected chi connectivity index (χ2v) is 7.68. The number of rotatable bonds is 12. The average molecular weight is 482 g/mol. The normalized spacial score (nSPS) is 16.9. The first-order chi connectivity index (χ1) is 17.0. The monoisotopic (exact) mass is 481 g/mol. The molecule has 1 unspecified atom stereocenters. The number of carbonyl (C=O) groups excluding carboxylic acids is 2. The van der Waals surface area contributed by atoms with E-state index >= 15 is 0 Å². The van der Waals surface area contributed by atoms with Gasteiger partial charge in [-0.1, -0.05) is 24.8 Å². The van der Waals surface area contributed by atoms with Crippen LogP contribution in [0.2, 0.25) is 0 Å². The predicted octanol–water partition coefficient (Wildman–Crippen LogP) is 4.12. The minimum atomic E-state index is -0.835. The largest absolute Gasteiger partial charge is 0.507 e. The van der Waals surface area contributed by atoms with Crippen LogP contribution in [0.4, 0.5) is 0 Å². The van der Waals surface area contributed by atoms with Crippen LogP contribution in [0.1, 0.15) is 31.0 Å². The van der Waals surface area contributed by atoms with Crippen LogP contribution in [0.3, 0.4) is 0 Å². The third kappa shape index (κ3) is 5.66. The summed E-state index contributed by atoms with van der Waals surface area (Å²) < 4.78 is 22.1. The third-order valence-electron chi connectivity index (χ3n) is 5.44. The van der Waals surface area contributed by atoms with Crippen LogP contribution in [0.15, 0.2) is 60.7 Å². The van der Waals surface area contributed by atoms with Crippen LogP contribution in [0.5, 0.6) is 17.2 Å². The molecule has 3 rings (SSSR count).